The molecule has 112 valence electrons. The van der Waals surface area contributed by atoms with E-state index < -0.39 is 17.3 Å². The molecule has 0 fully saturated rings. The molecule has 0 saturated heterocycles. The Morgan fingerprint density at radius 3 is 2.81 bits per heavy atom. The highest BCUT2D eigenvalue weighted by Crippen LogP contribution is 2.24. The number of thiophene rings is 1. The molecular formula is C15H16FNO3S. The van der Waals surface area contributed by atoms with Crippen molar-refractivity contribution in [2.24, 2.45) is 0 Å². The number of hydrogen-bond acceptors (Lipinski definition) is 4. The average Bonchev–Trinajstić information content (AvgIpc) is 2.99. The van der Waals surface area contributed by atoms with Gasteiger partial charge < -0.3 is 15.2 Å². The quantitative estimate of drug-likeness (QED) is 0.861. The van der Waals surface area contributed by atoms with Gasteiger partial charge in [0.05, 0.1) is 6.54 Å². The van der Waals surface area contributed by atoms with Crippen LogP contribution in [0.5, 0.6) is 5.75 Å². The lowest BCUT2D eigenvalue weighted by atomic mass is 10.1. The lowest BCUT2D eigenvalue weighted by molar-refractivity contribution is -0.124. The van der Waals surface area contributed by atoms with Crippen molar-refractivity contribution in [3.05, 3.63) is 52.5 Å². The maximum absolute atomic E-state index is 13.3. The van der Waals surface area contributed by atoms with E-state index in [0.29, 0.717) is 0 Å². The van der Waals surface area contributed by atoms with Crippen molar-refractivity contribution in [2.75, 3.05) is 13.2 Å². The molecule has 1 heterocycles. The second-order valence-corrected chi connectivity index (χ2v) is 5.69. The topological polar surface area (TPSA) is 58.6 Å². The molecule has 0 aliphatic rings. The van der Waals surface area contributed by atoms with Gasteiger partial charge in [0.15, 0.2) is 18.2 Å². The van der Waals surface area contributed by atoms with Crippen LogP contribution < -0.4 is 10.1 Å². The van der Waals surface area contributed by atoms with E-state index in [0.717, 1.165) is 4.88 Å². The fourth-order valence-corrected chi connectivity index (χ4v) is 2.49. The number of carbonyl (C=O) groups is 1. The summed E-state index contributed by atoms with van der Waals surface area (Å²) in [7, 11) is 0. The summed E-state index contributed by atoms with van der Waals surface area (Å²) in [6, 6.07) is 9.50. The molecule has 1 unspecified atom stereocenters. The van der Waals surface area contributed by atoms with Crippen LogP contribution in [0.3, 0.4) is 0 Å². The fourth-order valence-electron chi connectivity index (χ4n) is 1.70. The first-order valence-corrected chi connectivity index (χ1v) is 7.27. The molecule has 2 aromatic rings. The van der Waals surface area contributed by atoms with Crippen LogP contribution in [0, 0.1) is 5.82 Å². The highest BCUT2D eigenvalue weighted by molar-refractivity contribution is 7.10. The molecule has 2 N–H and O–H groups in total. The number of hydrogen-bond donors (Lipinski definition) is 2. The van der Waals surface area contributed by atoms with Gasteiger partial charge in [-0.3, -0.25) is 4.79 Å². The number of para-hydroxylation sites is 1. The third-order valence-corrected chi connectivity index (χ3v) is 4.00. The van der Waals surface area contributed by atoms with E-state index >= 15 is 0 Å². The number of benzene rings is 1. The number of nitrogens with one attached hydrogen (secondary N) is 1. The van der Waals surface area contributed by atoms with Crippen LogP contribution in [0.25, 0.3) is 0 Å². The van der Waals surface area contributed by atoms with Crippen molar-refractivity contribution in [1.29, 1.82) is 0 Å². The lowest BCUT2D eigenvalue weighted by Crippen LogP contribution is -2.40. The molecule has 1 aromatic carbocycles. The van der Waals surface area contributed by atoms with Crippen molar-refractivity contribution in [3.63, 3.8) is 0 Å². The Labute approximate surface area is 126 Å². The Morgan fingerprint density at radius 2 is 2.14 bits per heavy atom. The van der Waals surface area contributed by atoms with Gasteiger partial charge in [0.2, 0.25) is 0 Å². The molecule has 0 saturated carbocycles. The molecule has 6 heteroatoms. The Hall–Kier alpha value is -1.92. The summed E-state index contributed by atoms with van der Waals surface area (Å²) in [6.07, 6.45) is 0. The van der Waals surface area contributed by atoms with E-state index in [4.69, 9.17) is 4.74 Å². The van der Waals surface area contributed by atoms with E-state index in [9.17, 15) is 14.3 Å². The highest BCUT2D eigenvalue weighted by Gasteiger charge is 2.24. The Kier molecular flexibility index (Phi) is 4.93. The first-order chi connectivity index (χ1) is 9.99. The van der Waals surface area contributed by atoms with Crippen molar-refractivity contribution in [3.8, 4) is 5.75 Å². The number of aliphatic hydroxyl groups is 1. The normalized spacial score (nSPS) is 13.5. The van der Waals surface area contributed by atoms with E-state index in [1.165, 1.54) is 23.5 Å². The smallest absolute Gasteiger partial charge is 0.258 e. The van der Waals surface area contributed by atoms with Crippen LogP contribution in [0.4, 0.5) is 4.39 Å². The summed E-state index contributed by atoms with van der Waals surface area (Å²) in [5, 5.41) is 14.7. The number of carbonyl (C=O) groups excluding carboxylic acids is 1. The summed E-state index contributed by atoms with van der Waals surface area (Å²) in [5.74, 6) is -0.913. The average molecular weight is 309 g/mol. The molecule has 0 aliphatic heterocycles. The maximum atomic E-state index is 13.3. The maximum Gasteiger partial charge on any atom is 0.258 e. The number of amides is 1. The van der Waals surface area contributed by atoms with Crippen molar-refractivity contribution in [1.82, 2.24) is 5.32 Å². The monoisotopic (exact) mass is 309 g/mol. The van der Waals surface area contributed by atoms with Gasteiger partial charge in [-0.05, 0) is 30.5 Å². The predicted octanol–water partition coefficient (Wildman–Crippen LogP) is 2.29. The summed E-state index contributed by atoms with van der Waals surface area (Å²) < 4.78 is 18.4. The molecular weight excluding hydrogens is 293 g/mol. The highest BCUT2D eigenvalue weighted by atomic mass is 32.1. The minimum atomic E-state index is -1.14. The summed E-state index contributed by atoms with van der Waals surface area (Å²) in [4.78, 5) is 12.4. The lowest BCUT2D eigenvalue weighted by Gasteiger charge is -2.22. The SMILES string of the molecule is CC(O)(CNC(=O)COc1ccccc1F)c1cccs1. The summed E-state index contributed by atoms with van der Waals surface area (Å²) in [6.45, 7) is 1.38. The van der Waals surface area contributed by atoms with Gasteiger partial charge in [0, 0.05) is 4.88 Å². The second kappa shape index (κ2) is 6.69. The predicted molar refractivity (Wildman–Crippen MR) is 78.8 cm³/mol. The van der Waals surface area contributed by atoms with Crippen LogP contribution in [-0.2, 0) is 10.4 Å². The van der Waals surface area contributed by atoms with Crippen LogP contribution in [0.15, 0.2) is 41.8 Å². The van der Waals surface area contributed by atoms with Crippen molar-refractivity contribution >= 4 is 17.2 Å². The Balaban J connectivity index is 1.82. The molecule has 1 amide bonds. The summed E-state index contributed by atoms with van der Waals surface area (Å²) in [5.41, 5.74) is -1.14. The van der Waals surface area contributed by atoms with Crippen molar-refractivity contribution < 1.29 is 19.0 Å². The number of halogens is 1. The minimum absolute atomic E-state index is 0.0256. The third-order valence-electron chi connectivity index (χ3n) is 2.88. The first-order valence-electron chi connectivity index (χ1n) is 6.39. The van der Waals surface area contributed by atoms with E-state index in [-0.39, 0.29) is 18.9 Å². The molecule has 1 atom stereocenters. The zero-order chi connectivity index (χ0) is 15.3. The zero-order valence-corrected chi connectivity index (χ0v) is 12.3. The van der Waals surface area contributed by atoms with Gasteiger partial charge in [0.1, 0.15) is 5.60 Å². The number of ether oxygens (including phenoxy) is 1. The van der Waals surface area contributed by atoms with Gasteiger partial charge in [-0.1, -0.05) is 18.2 Å². The molecule has 0 spiro atoms. The van der Waals surface area contributed by atoms with Crippen LogP contribution in [0.2, 0.25) is 0 Å². The molecule has 0 radical (unpaired) electrons. The third kappa shape index (κ3) is 4.27. The van der Waals surface area contributed by atoms with E-state index in [1.54, 1.807) is 25.1 Å². The molecule has 0 aliphatic carbocycles. The van der Waals surface area contributed by atoms with Gasteiger partial charge >= 0.3 is 0 Å². The van der Waals surface area contributed by atoms with Crippen LogP contribution >= 0.6 is 11.3 Å². The van der Waals surface area contributed by atoms with E-state index in [1.807, 2.05) is 11.4 Å². The minimum Gasteiger partial charge on any atom is -0.481 e. The number of rotatable bonds is 6. The molecule has 21 heavy (non-hydrogen) atoms. The molecule has 4 nitrogen and oxygen atoms in total. The standard InChI is InChI=1S/C15H16FNO3S/c1-15(19,13-7-4-8-21-13)10-17-14(18)9-20-12-6-3-2-5-11(12)16/h2-8,19H,9-10H2,1H3,(H,17,18). The van der Waals surface area contributed by atoms with Crippen LogP contribution in [-0.4, -0.2) is 24.2 Å². The molecule has 2 rings (SSSR count). The van der Waals surface area contributed by atoms with Gasteiger partial charge in [-0.25, -0.2) is 4.39 Å². The van der Waals surface area contributed by atoms with Gasteiger partial charge in [-0.2, -0.15) is 0 Å². The summed E-state index contributed by atoms with van der Waals surface area (Å²) >= 11 is 1.41. The Morgan fingerprint density at radius 1 is 1.38 bits per heavy atom. The van der Waals surface area contributed by atoms with Crippen molar-refractivity contribution in [2.45, 2.75) is 12.5 Å². The zero-order valence-electron chi connectivity index (χ0n) is 11.5. The largest absolute Gasteiger partial charge is 0.481 e. The van der Waals surface area contributed by atoms with Crippen LogP contribution in [0.1, 0.15) is 11.8 Å². The van der Waals surface area contributed by atoms with Gasteiger partial charge in [0.25, 0.3) is 5.91 Å². The molecule has 0 bridgehead atoms. The second-order valence-electron chi connectivity index (χ2n) is 4.75. The first kappa shape index (κ1) is 15.5. The van der Waals surface area contributed by atoms with E-state index in [2.05, 4.69) is 5.32 Å². The fraction of sp³-hybridized carbons (Fsp3) is 0.267. The van der Waals surface area contributed by atoms with Gasteiger partial charge in [-0.15, -0.1) is 11.3 Å². The Bertz CT molecular complexity index is 599. The molecule has 1 aromatic heterocycles.